The number of hydrogen-bond acceptors (Lipinski definition) is 4. The van der Waals surface area contributed by atoms with E-state index in [9.17, 15) is 13.2 Å². The lowest BCUT2D eigenvalue weighted by Gasteiger charge is -2.14. The Kier molecular flexibility index (Phi) is 4.58. The van der Waals surface area contributed by atoms with E-state index >= 15 is 0 Å². The minimum atomic E-state index is -4.36. The zero-order valence-electron chi connectivity index (χ0n) is 11.6. The van der Waals surface area contributed by atoms with Gasteiger partial charge in [-0.15, -0.1) is 10.2 Å². The topological polar surface area (TPSA) is 56.7 Å². The first-order valence-corrected chi connectivity index (χ1v) is 7.19. The third-order valence-corrected chi connectivity index (χ3v) is 4.23. The predicted octanol–water partition coefficient (Wildman–Crippen LogP) is 2.93. The van der Waals surface area contributed by atoms with Gasteiger partial charge in [0.05, 0.1) is 5.56 Å². The van der Waals surface area contributed by atoms with E-state index in [-0.39, 0.29) is 0 Å². The lowest BCUT2D eigenvalue weighted by molar-refractivity contribution is -0.137. The van der Waals surface area contributed by atoms with Crippen molar-refractivity contribution in [2.45, 2.75) is 24.3 Å². The molecule has 2 rings (SSSR count). The van der Waals surface area contributed by atoms with Crippen molar-refractivity contribution in [3.05, 3.63) is 41.2 Å². The highest BCUT2D eigenvalue weighted by Crippen LogP contribution is 2.31. The van der Waals surface area contributed by atoms with E-state index in [0.717, 1.165) is 18.0 Å². The maximum Gasteiger partial charge on any atom is 0.416 e. The van der Waals surface area contributed by atoms with Crippen molar-refractivity contribution in [1.29, 1.82) is 0 Å². The molecule has 0 radical (unpaired) electrons. The van der Waals surface area contributed by atoms with Gasteiger partial charge in [-0.1, -0.05) is 23.9 Å². The summed E-state index contributed by atoms with van der Waals surface area (Å²) in [7, 11) is 1.83. The summed E-state index contributed by atoms with van der Waals surface area (Å²) in [5.74, 6) is 1.19. The Labute approximate surface area is 124 Å². The third kappa shape index (κ3) is 3.76. The first kappa shape index (κ1) is 15.8. The molecule has 0 spiro atoms. The number of rotatable bonds is 4. The fourth-order valence-electron chi connectivity index (χ4n) is 1.72. The molecule has 0 amide bonds. The van der Waals surface area contributed by atoms with Crippen LogP contribution in [0.3, 0.4) is 0 Å². The molecule has 1 atom stereocenters. The highest BCUT2D eigenvalue weighted by atomic mass is 32.2. The van der Waals surface area contributed by atoms with Crippen LogP contribution in [0.15, 0.2) is 29.4 Å². The summed E-state index contributed by atoms with van der Waals surface area (Å²) in [5.41, 5.74) is 5.74. The summed E-state index contributed by atoms with van der Waals surface area (Å²) in [5, 5.41) is 8.58. The average Bonchev–Trinajstić information content (AvgIpc) is 2.75. The van der Waals surface area contributed by atoms with Crippen LogP contribution in [0, 0.1) is 6.92 Å². The van der Waals surface area contributed by atoms with Crippen LogP contribution in [0.5, 0.6) is 0 Å². The summed E-state index contributed by atoms with van der Waals surface area (Å²) in [6, 6.07) is 4.59. The Morgan fingerprint density at radius 3 is 2.62 bits per heavy atom. The second-order valence-corrected chi connectivity index (χ2v) is 5.62. The van der Waals surface area contributed by atoms with Gasteiger partial charge in [-0.3, -0.25) is 0 Å². The number of thioether (sulfide) groups is 1. The number of alkyl halides is 3. The highest BCUT2D eigenvalue weighted by Gasteiger charge is 2.30. The van der Waals surface area contributed by atoms with Gasteiger partial charge in [0.25, 0.3) is 0 Å². The highest BCUT2D eigenvalue weighted by molar-refractivity contribution is 7.99. The minimum absolute atomic E-state index is 0.424. The van der Waals surface area contributed by atoms with Gasteiger partial charge in [-0.05, 0) is 24.6 Å². The Morgan fingerprint density at radius 1 is 1.33 bits per heavy atom. The smallest absolute Gasteiger partial charge is 0.323 e. The molecule has 0 aliphatic carbocycles. The summed E-state index contributed by atoms with van der Waals surface area (Å²) >= 11 is 1.37. The van der Waals surface area contributed by atoms with Gasteiger partial charge >= 0.3 is 6.18 Å². The molecule has 2 aromatic rings. The van der Waals surface area contributed by atoms with Crippen LogP contribution in [-0.4, -0.2) is 20.5 Å². The first-order valence-electron chi connectivity index (χ1n) is 6.20. The van der Waals surface area contributed by atoms with Gasteiger partial charge in [0, 0.05) is 18.8 Å². The Balaban J connectivity index is 2.07. The van der Waals surface area contributed by atoms with E-state index in [4.69, 9.17) is 5.73 Å². The molecule has 0 saturated carbocycles. The minimum Gasteiger partial charge on any atom is -0.323 e. The molecule has 1 aromatic heterocycles. The second-order valence-electron chi connectivity index (χ2n) is 4.63. The van der Waals surface area contributed by atoms with Crippen LogP contribution in [0.25, 0.3) is 0 Å². The number of benzene rings is 1. The van der Waals surface area contributed by atoms with E-state index in [1.807, 2.05) is 18.5 Å². The molecule has 2 N–H and O–H groups in total. The molecule has 0 bridgehead atoms. The SMILES string of the molecule is Cc1nnc(SCC(N)c2cccc(C(F)(F)F)c2)n1C. The van der Waals surface area contributed by atoms with Crippen LogP contribution < -0.4 is 5.73 Å². The van der Waals surface area contributed by atoms with Gasteiger partial charge in [0.2, 0.25) is 0 Å². The largest absolute Gasteiger partial charge is 0.416 e. The van der Waals surface area contributed by atoms with E-state index in [1.165, 1.54) is 17.8 Å². The summed E-state index contributed by atoms with van der Waals surface area (Å²) < 4.78 is 39.8. The second kappa shape index (κ2) is 6.07. The van der Waals surface area contributed by atoms with Crippen molar-refractivity contribution in [1.82, 2.24) is 14.8 Å². The van der Waals surface area contributed by atoms with Crippen LogP contribution in [0.1, 0.15) is 23.0 Å². The molecule has 1 unspecified atom stereocenters. The lowest BCUT2D eigenvalue weighted by Crippen LogP contribution is -2.15. The van der Waals surface area contributed by atoms with Crippen molar-refractivity contribution in [3.8, 4) is 0 Å². The number of nitrogens with two attached hydrogens (primary N) is 1. The quantitative estimate of drug-likeness (QED) is 0.881. The van der Waals surface area contributed by atoms with Crippen LogP contribution in [0.2, 0.25) is 0 Å². The van der Waals surface area contributed by atoms with Crippen molar-refractivity contribution < 1.29 is 13.2 Å². The molecule has 1 aromatic carbocycles. The molecular weight excluding hydrogens is 301 g/mol. The summed E-state index contributed by atoms with van der Waals surface area (Å²) in [6.45, 7) is 1.82. The predicted molar refractivity (Wildman–Crippen MR) is 74.8 cm³/mol. The van der Waals surface area contributed by atoms with Crippen LogP contribution in [0.4, 0.5) is 13.2 Å². The van der Waals surface area contributed by atoms with Gasteiger partial charge in [-0.2, -0.15) is 13.2 Å². The normalized spacial score (nSPS) is 13.4. The lowest BCUT2D eigenvalue weighted by atomic mass is 10.1. The first-order chi connectivity index (χ1) is 9.79. The van der Waals surface area contributed by atoms with E-state index < -0.39 is 17.8 Å². The molecule has 0 aliphatic rings. The standard InChI is InChI=1S/C13H15F3N4S/c1-8-18-19-12(20(8)2)21-7-11(17)9-4-3-5-10(6-9)13(14,15)16/h3-6,11H,7,17H2,1-2H3. The number of aryl methyl sites for hydroxylation is 1. The molecule has 0 fully saturated rings. The van der Waals surface area contributed by atoms with Crippen LogP contribution in [-0.2, 0) is 13.2 Å². The van der Waals surface area contributed by atoms with E-state index in [2.05, 4.69) is 10.2 Å². The number of hydrogen-bond donors (Lipinski definition) is 1. The zero-order valence-corrected chi connectivity index (χ0v) is 12.4. The van der Waals surface area contributed by atoms with Crippen molar-refractivity contribution in [2.75, 3.05) is 5.75 Å². The Bertz CT molecular complexity index is 624. The van der Waals surface area contributed by atoms with Crippen LogP contribution >= 0.6 is 11.8 Å². The third-order valence-electron chi connectivity index (χ3n) is 3.09. The summed E-state index contributed by atoms with van der Waals surface area (Å²) in [4.78, 5) is 0. The number of nitrogens with zero attached hydrogens (tertiary/aromatic N) is 3. The molecule has 0 saturated heterocycles. The van der Waals surface area contributed by atoms with Gasteiger partial charge in [-0.25, -0.2) is 0 Å². The van der Waals surface area contributed by atoms with Gasteiger partial charge < -0.3 is 10.3 Å². The molecule has 114 valence electrons. The Hall–Kier alpha value is -1.54. The number of aromatic nitrogens is 3. The summed E-state index contributed by atoms with van der Waals surface area (Å²) in [6.07, 6.45) is -4.36. The average molecular weight is 316 g/mol. The van der Waals surface area contributed by atoms with Gasteiger partial charge in [0.1, 0.15) is 5.82 Å². The molecule has 8 heteroatoms. The van der Waals surface area contributed by atoms with E-state index in [0.29, 0.717) is 16.5 Å². The Morgan fingerprint density at radius 2 is 2.05 bits per heavy atom. The zero-order chi connectivity index (χ0) is 15.6. The number of halogens is 3. The van der Waals surface area contributed by atoms with E-state index in [1.54, 1.807) is 6.07 Å². The molecule has 1 heterocycles. The fourth-order valence-corrected chi connectivity index (χ4v) is 2.66. The fraction of sp³-hybridized carbons (Fsp3) is 0.385. The molecular formula is C13H15F3N4S. The molecule has 4 nitrogen and oxygen atoms in total. The maximum absolute atomic E-state index is 12.7. The molecule has 0 aliphatic heterocycles. The van der Waals surface area contributed by atoms with Crippen molar-refractivity contribution in [2.24, 2.45) is 12.8 Å². The monoisotopic (exact) mass is 316 g/mol. The van der Waals surface area contributed by atoms with Gasteiger partial charge in [0.15, 0.2) is 5.16 Å². The van der Waals surface area contributed by atoms with Crippen molar-refractivity contribution >= 4 is 11.8 Å². The van der Waals surface area contributed by atoms with Crippen molar-refractivity contribution in [3.63, 3.8) is 0 Å². The molecule has 21 heavy (non-hydrogen) atoms. The maximum atomic E-state index is 12.7.